The Morgan fingerprint density at radius 2 is 2.21 bits per heavy atom. The van der Waals surface area contributed by atoms with Crippen LogP contribution in [0.5, 0.6) is 0 Å². The van der Waals surface area contributed by atoms with Gasteiger partial charge < -0.3 is 10.3 Å². The van der Waals surface area contributed by atoms with Crippen molar-refractivity contribution in [3.05, 3.63) is 24.3 Å². The van der Waals surface area contributed by atoms with Crippen molar-refractivity contribution in [3.63, 3.8) is 0 Å². The number of rotatable bonds is 3. The number of anilines is 1. The molecule has 0 spiro atoms. The van der Waals surface area contributed by atoms with E-state index < -0.39 is 0 Å². The van der Waals surface area contributed by atoms with Gasteiger partial charge in [-0.05, 0) is 25.5 Å². The second kappa shape index (κ2) is 4.66. The van der Waals surface area contributed by atoms with Gasteiger partial charge in [0.15, 0.2) is 0 Å². The molecule has 0 radical (unpaired) electrons. The molecule has 0 saturated heterocycles. The van der Waals surface area contributed by atoms with E-state index in [0.29, 0.717) is 13.0 Å². The van der Waals surface area contributed by atoms with Crippen LogP contribution in [0.2, 0.25) is 0 Å². The number of amides is 1. The van der Waals surface area contributed by atoms with Gasteiger partial charge in [-0.2, -0.15) is 0 Å². The second-order valence-electron chi connectivity index (χ2n) is 5.11. The van der Waals surface area contributed by atoms with Gasteiger partial charge in [0.2, 0.25) is 11.9 Å². The van der Waals surface area contributed by atoms with Crippen LogP contribution in [0.25, 0.3) is 11.0 Å². The lowest BCUT2D eigenvalue weighted by atomic mass is 10.2. The average molecular weight is 258 g/mol. The van der Waals surface area contributed by atoms with Crippen molar-refractivity contribution in [1.82, 2.24) is 9.55 Å². The highest BCUT2D eigenvalue weighted by Crippen LogP contribution is 2.27. The number of fused-ring (bicyclic) bond motifs is 3. The molecule has 0 aliphatic carbocycles. The quantitative estimate of drug-likeness (QED) is 0.907. The highest BCUT2D eigenvalue weighted by molar-refractivity contribution is 5.94. The highest BCUT2D eigenvalue weighted by atomic mass is 16.2. The first-order valence-corrected chi connectivity index (χ1v) is 6.68. The van der Waals surface area contributed by atoms with E-state index in [9.17, 15) is 4.79 Å². The molecule has 1 aliphatic heterocycles. The van der Waals surface area contributed by atoms with Crippen LogP contribution in [0.3, 0.4) is 0 Å². The van der Waals surface area contributed by atoms with Crippen LogP contribution < -0.4 is 10.6 Å². The summed E-state index contributed by atoms with van der Waals surface area (Å²) in [7, 11) is 0. The molecule has 2 aromatic rings. The maximum Gasteiger partial charge on any atom is 0.229 e. The molecule has 1 unspecified atom stereocenters. The standard InChI is InChI=1S/C14H18N4O/c1-10(15)6-7-13(19)18-9-8-17-12-5-3-2-4-11(12)16-14(17)18/h2-5,10H,6-9,15H2,1H3. The van der Waals surface area contributed by atoms with E-state index in [1.807, 2.05) is 31.2 Å². The first kappa shape index (κ1) is 12.2. The van der Waals surface area contributed by atoms with Gasteiger partial charge >= 0.3 is 0 Å². The summed E-state index contributed by atoms with van der Waals surface area (Å²) in [4.78, 5) is 18.5. The Kier molecular flexibility index (Phi) is 2.98. The van der Waals surface area contributed by atoms with Crippen molar-refractivity contribution < 1.29 is 4.79 Å². The number of aromatic nitrogens is 2. The largest absolute Gasteiger partial charge is 0.328 e. The number of hydrogen-bond acceptors (Lipinski definition) is 3. The molecule has 100 valence electrons. The van der Waals surface area contributed by atoms with Crippen molar-refractivity contribution >= 4 is 22.9 Å². The van der Waals surface area contributed by atoms with E-state index in [2.05, 4.69) is 9.55 Å². The van der Waals surface area contributed by atoms with Gasteiger partial charge in [0.25, 0.3) is 0 Å². The monoisotopic (exact) mass is 258 g/mol. The van der Waals surface area contributed by atoms with Crippen molar-refractivity contribution in [2.24, 2.45) is 5.73 Å². The average Bonchev–Trinajstić information content (AvgIpc) is 2.94. The molecule has 3 rings (SSSR count). The minimum atomic E-state index is 0.0605. The lowest BCUT2D eigenvalue weighted by molar-refractivity contribution is -0.118. The first-order chi connectivity index (χ1) is 9.16. The first-order valence-electron chi connectivity index (χ1n) is 6.68. The Morgan fingerprint density at radius 3 is 3.00 bits per heavy atom. The predicted octanol–water partition coefficient (Wildman–Crippen LogP) is 1.51. The number of carbonyl (C=O) groups excluding carboxylic acids is 1. The third-order valence-corrected chi connectivity index (χ3v) is 3.54. The molecule has 2 N–H and O–H groups in total. The van der Waals surface area contributed by atoms with E-state index in [0.717, 1.165) is 29.9 Å². The van der Waals surface area contributed by atoms with Crippen LogP contribution in [0, 0.1) is 0 Å². The van der Waals surface area contributed by atoms with Gasteiger partial charge in [-0.1, -0.05) is 12.1 Å². The Labute approximate surface area is 112 Å². The SMILES string of the molecule is CC(N)CCC(=O)N1CCn2c1nc1ccccc12. The Hall–Kier alpha value is -1.88. The number of imidazole rings is 1. The summed E-state index contributed by atoms with van der Waals surface area (Å²) in [6.45, 7) is 3.46. The molecule has 1 aromatic carbocycles. The third kappa shape index (κ3) is 2.10. The van der Waals surface area contributed by atoms with E-state index in [1.54, 1.807) is 4.90 Å². The summed E-state index contributed by atoms with van der Waals surface area (Å²) in [5.74, 6) is 0.891. The molecule has 1 amide bonds. The topological polar surface area (TPSA) is 64.2 Å². The minimum absolute atomic E-state index is 0.0605. The fraction of sp³-hybridized carbons (Fsp3) is 0.429. The molecular weight excluding hydrogens is 240 g/mol. The van der Waals surface area contributed by atoms with E-state index in [4.69, 9.17) is 5.73 Å². The Bertz CT molecular complexity index is 617. The minimum Gasteiger partial charge on any atom is -0.328 e. The van der Waals surface area contributed by atoms with Crippen LogP contribution in [0.15, 0.2) is 24.3 Å². The van der Waals surface area contributed by atoms with Crippen molar-refractivity contribution in [2.75, 3.05) is 11.4 Å². The Balaban J connectivity index is 1.87. The normalized spacial score (nSPS) is 15.8. The van der Waals surface area contributed by atoms with E-state index in [1.165, 1.54) is 0 Å². The molecule has 5 heteroatoms. The number of nitrogens with two attached hydrogens (primary N) is 1. The maximum atomic E-state index is 12.2. The smallest absolute Gasteiger partial charge is 0.229 e. The molecular formula is C14H18N4O. The van der Waals surface area contributed by atoms with Gasteiger partial charge in [-0.15, -0.1) is 0 Å². The van der Waals surface area contributed by atoms with Gasteiger partial charge in [-0.25, -0.2) is 4.98 Å². The fourth-order valence-corrected chi connectivity index (χ4v) is 2.51. The molecule has 1 aliphatic rings. The van der Waals surface area contributed by atoms with E-state index >= 15 is 0 Å². The van der Waals surface area contributed by atoms with Crippen LogP contribution in [0.1, 0.15) is 19.8 Å². The number of nitrogens with zero attached hydrogens (tertiary/aromatic N) is 3. The lowest BCUT2D eigenvalue weighted by Gasteiger charge is -2.14. The number of para-hydroxylation sites is 2. The van der Waals surface area contributed by atoms with Crippen LogP contribution >= 0.6 is 0 Å². The number of carbonyl (C=O) groups is 1. The summed E-state index contributed by atoms with van der Waals surface area (Å²) < 4.78 is 2.11. The zero-order valence-corrected chi connectivity index (χ0v) is 11.0. The van der Waals surface area contributed by atoms with Gasteiger partial charge in [-0.3, -0.25) is 9.69 Å². The van der Waals surface area contributed by atoms with Crippen LogP contribution in [-0.2, 0) is 11.3 Å². The van der Waals surface area contributed by atoms with Gasteiger partial charge in [0.05, 0.1) is 11.0 Å². The zero-order chi connectivity index (χ0) is 13.4. The summed E-state index contributed by atoms with van der Waals surface area (Å²) in [5.41, 5.74) is 7.75. The van der Waals surface area contributed by atoms with Crippen molar-refractivity contribution in [3.8, 4) is 0 Å². The predicted molar refractivity (Wildman–Crippen MR) is 75.0 cm³/mol. The molecule has 19 heavy (non-hydrogen) atoms. The van der Waals surface area contributed by atoms with Crippen LogP contribution in [0.4, 0.5) is 5.95 Å². The lowest BCUT2D eigenvalue weighted by Crippen LogP contribution is -2.30. The van der Waals surface area contributed by atoms with Gasteiger partial charge in [0.1, 0.15) is 0 Å². The summed E-state index contributed by atoms with van der Waals surface area (Å²) in [6, 6.07) is 8.04. The molecule has 2 heterocycles. The molecule has 1 atom stereocenters. The molecule has 0 saturated carbocycles. The van der Waals surface area contributed by atoms with Crippen LogP contribution in [-0.4, -0.2) is 28.0 Å². The molecule has 1 aromatic heterocycles. The molecule has 0 fully saturated rings. The highest BCUT2D eigenvalue weighted by Gasteiger charge is 2.27. The summed E-state index contributed by atoms with van der Waals surface area (Å²) in [6.07, 6.45) is 1.20. The summed E-state index contributed by atoms with van der Waals surface area (Å²) in [5, 5.41) is 0. The molecule has 5 nitrogen and oxygen atoms in total. The Morgan fingerprint density at radius 1 is 1.42 bits per heavy atom. The second-order valence-corrected chi connectivity index (χ2v) is 5.11. The van der Waals surface area contributed by atoms with E-state index in [-0.39, 0.29) is 11.9 Å². The molecule has 0 bridgehead atoms. The van der Waals surface area contributed by atoms with Crippen molar-refractivity contribution in [1.29, 1.82) is 0 Å². The number of hydrogen-bond donors (Lipinski definition) is 1. The summed E-state index contributed by atoms with van der Waals surface area (Å²) >= 11 is 0. The zero-order valence-electron chi connectivity index (χ0n) is 11.0. The fourth-order valence-electron chi connectivity index (χ4n) is 2.51. The van der Waals surface area contributed by atoms with Crippen molar-refractivity contribution in [2.45, 2.75) is 32.4 Å². The number of benzene rings is 1. The maximum absolute atomic E-state index is 12.2. The third-order valence-electron chi connectivity index (χ3n) is 3.54. The van der Waals surface area contributed by atoms with Gasteiger partial charge in [0, 0.05) is 25.6 Å².